The minimum atomic E-state index is -1.27. The van der Waals surface area contributed by atoms with Crippen molar-refractivity contribution in [1.29, 1.82) is 0 Å². The first-order valence-electron chi connectivity index (χ1n) is 13.5. The number of pyridine rings is 1. The molecule has 2 aliphatic heterocycles. The predicted octanol–water partition coefficient (Wildman–Crippen LogP) is 4.92. The van der Waals surface area contributed by atoms with E-state index >= 15 is 0 Å². The molecule has 0 unspecified atom stereocenters. The normalized spacial score (nSPS) is 18.0. The topological polar surface area (TPSA) is 96.7 Å². The van der Waals surface area contributed by atoms with Crippen molar-refractivity contribution < 1.29 is 23.9 Å². The molecule has 4 amide bonds. The summed E-state index contributed by atoms with van der Waals surface area (Å²) in [5.41, 5.74) is 1.02. The number of urea groups is 1. The molecule has 0 radical (unpaired) electrons. The molecule has 0 aliphatic carbocycles. The Labute approximate surface area is 225 Å². The van der Waals surface area contributed by atoms with Crippen LogP contribution in [0.25, 0.3) is 5.52 Å². The van der Waals surface area contributed by atoms with Crippen molar-refractivity contribution in [2.45, 2.75) is 77.2 Å². The zero-order valence-corrected chi connectivity index (χ0v) is 24.5. The highest BCUT2D eigenvalue weighted by Crippen LogP contribution is 2.32. The maximum atomic E-state index is 13.4. The first-order valence-corrected chi connectivity index (χ1v) is 17.2. The third-order valence-electron chi connectivity index (χ3n) is 6.91. The zero-order chi connectivity index (χ0) is 27.7. The van der Waals surface area contributed by atoms with E-state index in [2.05, 4.69) is 19.6 Å². The predicted molar refractivity (Wildman–Crippen MR) is 148 cm³/mol. The van der Waals surface area contributed by atoms with Gasteiger partial charge in [-0.3, -0.25) is 9.69 Å². The van der Waals surface area contributed by atoms with E-state index in [0.29, 0.717) is 26.2 Å². The number of carbonyl (C=O) groups is 3. The summed E-state index contributed by atoms with van der Waals surface area (Å²) < 4.78 is 13.3. The number of imidazole rings is 1. The molecule has 2 aliphatic rings. The third-order valence-corrected chi connectivity index (χ3v) is 8.61. The van der Waals surface area contributed by atoms with Crippen LogP contribution in [0, 0.1) is 0 Å². The van der Waals surface area contributed by atoms with Gasteiger partial charge in [0.25, 0.3) is 0 Å². The first-order chi connectivity index (χ1) is 17.8. The number of nitrogens with zero attached hydrogens (tertiary/aromatic N) is 5. The lowest BCUT2D eigenvalue weighted by atomic mass is 9.96. The number of likely N-dealkylation sites (tertiary alicyclic amines) is 1. The second-order valence-corrected chi connectivity index (χ2v) is 18.0. The molecule has 4 heterocycles. The molecule has 0 N–H and O–H groups in total. The lowest BCUT2D eigenvalue weighted by Crippen LogP contribution is -2.53. The standard InChI is InChI=1S/C27H41N5O5Si/c1-27(2,3)37-26(35)29-13-9-20(10-14-29)24-28-18-22-21(8-7-12-30(22)24)31-15-11-23(33)32(25(31)34)19-36-16-17-38(4,5)6/h7-8,12,18,20H,9-11,13-17,19H2,1-6H3. The number of ether oxygens (including phenoxy) is 2. The van der Waals surface area contributed by atoms with Crippen molar-refractivity contribution in [3.8, 4) is 0 Å². The van der Waals surface area contributed by atoms with Crippen molar-refractivity contribution in [2.75, 3.05) is 37.9 Å². The highest BCUT2D eigenvalue weighted by Gasteiger charge is 2.35. The lowest BCUT2D eigenvalue weighted by molar-refractivity contribution is -0.133. The van der Waals surface area contributed by atoms with Gasteiger partial charge in [-0.2, -0.15) is 0 Å². The van der Waals surface area contributed by atoms with E-state index in [1.807, 2.05) is 43.5 Å². The molecule has 208 valence electrons. The van der Waals surface area contributed by atoms with Crippen molar-refractivity contribution >= 4 is 37.3 Å². The molecular formula is C27H41N5O5Si. The van der Waals surface area contributed by atoms with Gasteiger partial charge in [0.2, 0.25) is 5.91 Å². The van der Waals surface area contributed by atoms with Gasteiger partial charge in [-0.25, -0.2) is 19.5 Å². The van der Waals surface area contributed by atoms with Gasteiger partial charge in [0.1, 0.15) is 18.2 Å². The minimum Gasteiger partial charge on any atom is -0.444 e. The molecule has 10 nitrogen and oxygen atoms in total. The fourth-order valence-electron chi connectivity index (χ4n) is 4.78. The number of anilines is 1. The van der Waals surface area contributed by atoms with E-state index in [9.17, 15) is 14.4 Å². The van der Waals surface area contributed by atoms with Crippen LogP contribution in [0.4, 0.5) is 15.3 Å². The van der Waals surface area contributed by atoms with E-state index < -0.39 is 13.7 Å². The second-order valence-electron chi connectivity index (χ2n) is 12.4. The number of amides is 4. The fraction of sp³-hybridized carbons (Fsp3) is 0.630. The van der Waals surface area contributed by atoms with Crippen LogP contribution >= 0.6 is 0 Å². The summed E-state index contributed by atoms with van der Waals surface area (Å²) in [5.74, 6) is 0.885. The van der Waals surface area contributed by atoms with Crippen molar-refractivity contribution in [1.82, 2.24) is 19.2 Å². The van der Waals surface area contributed by atoms with Crippen LogP contribution < -0.4 is 4.90 Å². The van der Waals surface area contributed by atoms with Gasteiger partial charge in [-0.15, -0.1) is 0 Å². The maximum Gasteiger partial charge on any atom is 0.410 e. The zero-order valence-electron chi connectivity index (χ0n) is 23.5. The van der Waals surface area contributed by atoms with Crippen LogP contribution in [0.5, 0.6) is 0 Å². The Morgan fingerprint density at radius 3 is 2.50 bits per heavy atom. The molecular weight excluding hydrogens is 502 g/mol. The Balaban J connectivity index is 1.45. The largest absolute Gasteiger partial charge is 0.444 e. The van der Waals surface area contributed by atoms with E-state index in [-0.39, 0.29) is 37.1 Å². The average molecular weight is 544 g/mol. The van der Waals surface area contributed by atoms with Gasteiger partial charge in [0.15, 0.2) is 0 Å². The van der Waals surface area contributed by atoms with Gasteiger partial charge < -0.3 is 18.8 Å². The van der Waals surface area contributed by atoms with Crippen LogP contribution in [0.15, 0.2) is 24.5 Å². The third kappa shape index (κ3) is 6.55. The Morgan fingerprint density at radius 2 is 1.84 bits per heavy atom. The molecule has 0 bridgehead atoms. The molecule has 0 aromatic carbocycles. The molecule has 0 atom stereocenters. The van der Waals surface area contributed by atoms with Crippen LogP contribution in [0.2, 0.25) is 25.7 Å². The van der Waals surface area contributed by atoms with Gasteiger partial charge >= 0.3 is 12.1 Å². The number of piperidine rings is 1. The summed E-state index contributed by atoms with van der Waals surface area (Å²) in [6.45, 7) is 14.4. The van der Waals surface area contributed by atoms with Crippen LogP contribution in [0.3, 0.4) is 0 Å². The average Bonchev–Trinajstić information content (AvgIpc) is 3.26. The number of hydrogen-bond donors (Lipinski definition) is 0. The molecule has 2 aromatic rings. The van der Waals surface area contributed by atoms with Crippen LogP contribution in [-0.2, 0) is 14.3 Å². The first kappa shape index (κ1) is 28.1. The van der Waals surface area contributed by atoms with E-state index in [4.69, 9.17) is 14.5 Å². The monoisotopic (exact) mass is 543 g/mol. The molecule has 2 fully saturated rings. The number of fused-ring (bicyclic) bond motifs is 1. The molecule has 4 rings (SSSR count). The van der Waals surface area contributed by atoms with Crippen molar-refractivity contribution in [3.63, 3.8) is 0 Å². The quantitative estimate of drug-likeness (QED) is 0.363. The summed E-state index contributed by atoms with van der Waals surface area (Å²) in [6.07, 6.45) is 5.28. The van der Waals surface area contributed by atoms with Gasteiger partial charge in [-0.1, -0.05) is 19.6 Å². The summed E-state index contributed by atoms with van der Waals surface area (Å²) >= 11 is 0. The van der Waals surface area contributed by atoms with Crippen molar-refractivity contribution in [2.24, 2.45) is 0 Å². The summed E-state index contributed by atoms with van der Waals surface area (Å²) in [5, 5.41) is 0. The molecule has 0 saturated carbocycles. The summed E-state index contributed by atoms with van der Waals surface area (Å²) in [4.78, 5) is 47.7. The number of aromatic nitrogens is 2. The number of carbonyl (C=O) groups excluding carboxylic acids is 3. The van der Waals surface area contributed by atoms with Gasteiger partial charge in [-0.05, 0) is 51.8 Å². The molecule has 2 aromatic heterocycles. The van der Waals surface area contributed by atoms with Crippen LogP contribution in [-0.4, -0.2) is 83.9 Å². The minimum absolute atomic E-state index is 0.0253. The number of imide groups is 1. The number of rotatable bonds is 7. The van der Waals surface area contributed by atoms with E-state index in [1.165, 1.54) is 4.90 Å². The summed E-state index contributed by atoms with van der Waals surface area (Å²) in [6, 6.07) is 4.41. The van der Waals surface area contributed by atoms with Gasteiger partial charge in [0.05, 0.1) is 17.4 Å². The van der Waals surface area contributed by atoms with Gasteiger partial charge in [0, 0.05) is 52.9 Å². The molecule has 0 spiro atoms. The number of hydrogen-bond acceptors (Lipinski definition) is 6. The Kier molecular flexibility index (Phi) is 8.17. The second kappa shape index (κ2) is 11.1. The lowest BCUT2D eigenvalue weighted by Gasteiger charge is -2.34. The smallest absolute Gasteiger partial charge is 0.410 e. The highest BCUT2D eigenvalue weighted by molar-refractivity contribution is 6.76. The molecule has 2 saturated heterocycles. The Bertz CT molecular complexity index is 1180. The molecule has 11 heteroatoms. The maximum absolute atomic E-state index is 13.4. The Hall–Kier alpha value is -2.92. The highest BCUT2D eigenvalue weighted by atomic mass is 28.3. The SMILES string of the molecule is CC(C)(C)OC(=O)N1CCC(c2ncc3c(N4CCC(=O)N(COCC[Si](C)(C)C)C4=O)cccn23)CC1. The van der Waals surface area contributed by atoms with E-state index in [1.54, 1.807) is 16.0 Å². The van der Waals surface area contributed by atoms with Crippen LogP contribution in [0.1, 0.15) is 51.8 Å². The van der Waals surface area contributed by atoms with Crippen molar-refractivity contribution in [3.05, 3.63) is 30.4 Å². The molecule has 38 heavy (non-hydrogen) atoms. The Morgan fingerprint density at radius 1 is 1.13 bits per heavy atom. The summed E-state index contributed by atoms with van der Waals surface area (Å²) in [7, 11) is -1.27. The fourth-order valence-corrected chi connectivity index (χ4v) is 5.54. The van der Waals surface area contributed by atoms with E-state index in [0.717, 1.165) is 35.9 Å².